The fraction of sp³-hybridized carbons (Fsp3) is 0.929. The van der Waals surface area contributed by atoms with Crippen LogP contribution in [0.25, 0.3) is 0 Å². The van der Waals surface area contributed by atoms with Crippen molar-refractivity contribution in [1.82, 2.24) is 0 Å². The first kappa shape index (κ1) is 11.9. The summed E-state index contributed by atoms with van der Waals surface area (Å²) in [6.45, 7) is 3.18. The smallest absolute Gasteiger partial charge is 0.0689 e. The zero-order chi connectivity index (χ0) is 11.4. The molecule has 0 N–H and O–H groups in total. The van der Waals surface area contributed by atoms with Gasteiger partial charge in [0, 0.05) is 6.61 Å². The maximum Gasteiger partial charge on any atom is 0.0689 e. The van der Waals surface area contributed by atoms with Crippen molar-refractivity contribution in [3.63, 3.8) is 0 Å². The average Bonchev–Trinajstić information content (AvgIpc) is 2.96. The molecule has 2 aliphatic rings. The van der Waals surface area contributed by atoms with E-state index in [-0.39, 0.29) is 5.41 Å². The summed E-state index contributed by atoms with van der Waals surface area (Å²) in [4.78, 5) is 0. The average molecular weight is 221 g/mol. The van der Waals surface area contributed by atoms with Crippen LogP contribution in [0.2, 0.25) is 0 Å². The molecular weight excluding hydrogens is 198 g/mol. The quantitative estimate of drug-likeness (QED) is 0.725. The van der Waals surface area contributed by atoms with E-state index in [1.54, 1.807) is 0 Å². The Hall–Kier alpha value is -0.550. The van der Waals surface area contributed by atoms with E-state index in [1.807, 2.05) is 0 Å². The number of ether oxygens (including phenoxy) is 1. The molecule has 0 spiro atoms. The fourth-order valence-electron chi connectivity index (χ4n) is 3.28. The van der Waals surface area contributed by atoms with Crippen LogP contribution in [0.15, 0.2) is 0 Å². The molecule has 90 valence electrons. The molecule has 1 saturated carbocycles. The van der Waals surface area contributed by atoms with Crippen molar-refractivity contribution in [1.29, 1.82) is 5.26 Å². The van der Waals surface area contributed by atoms with E-state index in [4.69, 9.17) is 4.74 Å². The Morgan fingerprint density at radius 1 is 1.44 bits per heavy atom. The van der Waals surface area contributed by atoms with Crippen molar-refractivity contribution < 1.29 is 4.74 Å². The molecule has 1 aliphatic carbocycles. The molecule has 0 amide bonds. The lowest BCUT2D eigenvalue weighted by atomic mass is 9.81. The van der Waals surface area contributed by atoms with Crippen LogP contribution in [0.1, 0.15) is 58.3 Å². The van der Waals surface area contributed by atoms with Gasteiger partial charge in [0.15, 0.2) is 0 Å². The van der Waals surface area contributed by atoms with Crippen LogP contribution in [0.3, 0.4) is 0 Å². The highest BCUT2D eigenvalue weighted by Gasteiger charge is 2.38. The van der Waals surface area contributed by atoms with E-state index in [1.165, 1.54) is 25.7 Å². The van der Waals surface area contributed by atoms with Crippen LogP contribution < -0.4 is 0 Å². The van der Waals surface area contributed by atoms with E-state index in [0.29, 0.717) is 6.10 Å². The molecular formula is C14H23NO. The molecule has 3 unspecified atom stereocenters. The summed E-state index contributed by atoms with van der Waals surface area (Å²) < 4.78 is 5.65. The number of nitrogens with zero attached hydrogens (tertiary/aromatic N) is 1. The first-order valence-electron chi connectivity index (χ1n) is 6.81. The molecule has 0 bridgehead atoms. The van der Waals surface area contributed by atoms with Crippen LogP contribution in [0, 0.1) is 22.7 Å². The summed E-state index contributed by atoms with van der Waals surface area (Å²) in [6.07, 6.45) is 9.78. The van der Waals surface area contributed by atoms with Crippen molar-refractivity contribution in [3.05, 3.63) is 0 Å². The van der Waals surface area contributed by atoms with E-state index in [9.17, 15) is 5.26 Å². The maximum atomic E-state index is 9.41. The molecule has 1 heterocycles. The van der Waals surface area contributed by atoms with Gasteiger partial charge in [-0.05, 0) is 50.9 Å². The highest BCUT2D eigenvalue weighted by Crippen LogP contribution is 2.46. The van der Waals surface area contributed by atoms with Gasteiger partial charge in [-0.25, -0.2) is 0 Å². The summed E-state index contributed by atoms with van der Waals surface area (Å²) in [6, 6.07) is 2.61. The number of nitriles is 1. The van der Waals surface area contributed by atoms with Gasteiger partial charge < -0.3 is 4.74 Å². The Morgan fingerprint density at radius 2 is 2.31 bits per heavy atom. The predicted octanol–water partition coefficient (Wildman–Crippen LogP) is 3.67. The van der Waals surface area contributed by atoms with Crippen LogP contribution in [-0.2, 0) is 4.74 Å². The third-order valence-corrected chi connectivity index (χ3v) is 4.49. The normalized spacial score (nSPS) is 38.8. The fourth-order valence-corrected chi connectivity index (χ4v) is 3.28. The molecule has 2 rings (SSSR count). The van der Waals surface area contributed by atoms with Crippen molar-refractivity contribution in [2.45, 2.75) is 64.4 Å². The molecule has 1 saturated heterocycles. The molecule has 0 aromatic rings. The van der Waals surface area contributed by atoms with Crippen molar-refractivity contribution in [2.24, 2.45) is 11.3 Å². The molecule has 0 aromatic heterocycles. The Labute approximate surface area is 99.0 Å². The van der Waals surface area contributed by atoms with Gasteiger partial charge in [0.1, 0.15) is 0 Å². The first-order valence-corrected chi connectivity index (χ1v) is 6.81. The third-order valence-electron chi connectivity index (χ3n) is 4.49. The zero-order valence-corrected chi connectivity index (χ0v) is 10.4. The van der Waals surface area contributed by atoms with Crippen LogP contribution >= 0.6 is 0 Å². The summed E-state index contributed by atoms with van der Waals surface area (Å²) >= 11 is 0. The van der Waals surface area contributed by atoms with E-state index in [0.717, 1.165) is 38.2 Å². The second-order valence-electron chi connectivity index (χ2n) is 5.58. The third kappa shape index (κ3) is 2.58. The standard InChI is InChI=1S/C14H23NO/c1-2-12-5-7-14(10-12,11-15)8-6-13-4-3-9-16-13/h12-13H,2-10H2,1H3. The molecule has 0 radical (unpaired) electrons. The topological polar surface area (TPSA) is 33.0 Å². The minimum absolute atomic E-state index is 0.00731. The van der Waals surface area contributed by atoms with Crippen molar-refractivity contribution in [3.8, 4) is 6.07 Å². The lowest BCUT2D eigenvalue weighted by Gasteiger charge is -2.22. The predicted molar refractivity (Wildman–Crippen MR) is 63.9 cm³/mol. The Balaban J connectivity index is 1.83. The Bertz CT molecular complexity index is 264. The van der Waals surface area contributed by atoms with Gasteiger partial charge in [-0.1, -0.05) is 13.3 Å². The van der Waals surface area contributed by atoms with Crippen LogP contribution in [0.5, 0.6) is 0 Å². The summed E-state index contributed by atoms with van der Waals surface area (Å²) in [5.41, 5.74) is -0.00731. The molecule has 1 aliphatic heterocycles. The van der Waals surface area contributed by atoms with E-state index in [2.05, 4.69) is 13.0 Å². The Morgan fingerprint density at radius 3 is 2.88 bits per heavy atom. The summed E-state index contributed by atoms with van der Waals surface area (Å²) in [5.74, 6) is 0.796. The second kappa shape index (κ2) is 5.19. The van der Waals surface area contributed by atoms with Crippen molar-refractivity contribution in [2.75, 3.05) is 6.61 Å². The van der Waals surface area contributed by atoms with Crippen LogP contribution in [-0.4, -0.2) is 12.7 Å². The molecule has 16 heavy (non-hydrogen) atoms. The van der Waals surface area contributed by atoms with Gasteiger partial charge in [-0.3, -0.25) is 0 Å². The molecule has 0 aromatic carbocycles. The molecule has 2 heteroatoms. The first-order chi connectivity index (χ1) is 7.78. The highest BCUT2D eigenvalue weighted by atomic mass is 16.5. The minimum atomic E-state index is -0.00731. The lowest BCUT2D eigenvalue weighted by Crippen LogP contribution is -2.18. The van der Waals surface area contributed by atoms with Gasteiger partial charge in [0.05, 0.1) is 17.6 Å². The second-order valence-corrected chi connectivity index (χ2v) is 5.58. The van der Waals surface area contributed by atoms with Crippen LogP contribution in [0.4, 0.5) is 0 Å². The molecule has 2 fully saturated rings. The number of rotatable bonds is 4. The minimum Gasteiger partial charge on any atom is -0.378 e. The molecule has 3 atom stereocenters. The Kier molecular flexibility index (Phi) is 3.86. The SMILES string of the molecule is CCC1CCC(C#N)(CCC2CCCO2)C1. The zero-order valence-electron chi connectivity index (χ0n) is 10.4. The highest BCUT2D eigenvalue weighted by molar-refractivity contribution is 5.04. The number of hydrogen-bond acceptors (Lipinski definition) is 2. The van der Waals surface area contributed by atoms with Gasteiger partial charge in [-0.15, -0.1) is 0 Å². The van der Waals surface area contributed by atoms with Gasteiger partial charge in [-0.2, -0.15) is 5.26 Å². The van der Waals surface area contributed by atoms with Crippen molar-refractivity contribution >= 4 is 0 Å². The molecule has 2 nitrogen and oxygen atoms in total. The summed E-state index contributed by atoms with van der Waals surface area (Å²) in [5, 5.41) is 9.41. The summed E-state index contributed by atoms with van der Waals surface area (Å²) in [7, 11) is 0. The maximum absolute atomic E-state index is 9.41. The van der Waals surface area contributed by atoms with E-state index >= 15 is 0 Å². The van der Waals surface area contributed by atoms with E-state index < -0.39 is 0 Å². The van der Waals surface area contributed by atoms with Gasteiger partial charge in [0.25, 0.3) is 0 Å². The number of hydrogen-bond donors (Lipinski definition) is 0. The lowest BCUT2D eigenvalue weighted by molar-refractivity contribution is 0.0936. The largest absolute Gasteiger partial charge is 0.378 e. The van der Waals surface area contributed by atoms with Gasteiger partial charge >= 0.3 is 0 Å². The van der Waals surface area contributed by atoms with Gasteiger partial charge in [0.2, 0.25) is 0 Å². The monoisotopic (exact) mass is 221 g/mol.